The maximum Gasteiger partial charge on any atom is 0.332 e. The van der Waals surface area contributed by atoms with Crippen molar-refractivity contribution in [3.63, 3.8) is 0 Å². The smallest absolute Gasteiger partial charge is 0.332 e. The summed E-state index contributed by atoms with van der Waals surface area (Å²) >= 11 is 0. The second kappa shape index (κ2) is 4.87. The predicted octanol–water partition coefficient (Wildman–Crippen LogP) is 0.416. The van der Waals surface area contributed by atoms with Crippen LogP contribution >= 0.6 is 0 Å². The maximum absolute atomic E-state index is 10.5. The molecule has 0 aliphatic carbocycles. The molecule has 2 atom stereocenters. The van der Waals surface area contributed by atoms with E-state index in [0.29, 0.717) is 0 Å². The average Bonchev–Trinajstić information content (AvgIpc) is 1.85. The summed E-state index contributed by atoms with van der Waals surface area (Å²) in [6, 6.07) is 0. The Morgan fingerprint density at radius 3 is 2.55 bits per heavy atom. The van der Waals surface area contributed by atoms with E-state index in [9.17, 15) is 4.79 Å². The number of esters is 1. The fourth-order valence-electron chi connectivity index (χ4n) is 0.517. The van der Waals surface area contributed by atoms with E-state index >= 15 is 0 Å². The molecule has 0 fully saturated rings. The van der Waals surface area contributed by atoms with Gasteiger partial charge in [-0.05, 0) is 13.8 Å². The fraction of sp³-hybridized carbons (Fsp3) is 0.571. The standard InChI is InChI=1S/C7H12O4/c1-4-7(9)11-6(3)10-5(2)8/h4-6,8H,1H2,2-3H3. The second-order valence-corrected chi connectivity index (χ2v) is 1.94. The topological polar surface area (TPSA) is 55.8 Å². The molecule has 0 aromatic carbocycles. The van der Waals surface area contributed by atoms with Gasteiger partial charge in [-0.15, -0.1) is 0 Å². The van der Waals surface area contributed by atoms with Gasteiger partial charge in [0.05, 0.1) is 0 Å². The molecule has 0 aromatic heterocycles. The summed E-state index contributed by atoms with van der Waals surface area (Å²) in [5.41, 5.74) is 0. The zero-order chi connectivity index (χ0) is 8.85. The Hall–Kier alpha value is -0.870. The molecule has 0 saturated heterocycles. The second-order valence-electron chi connectivity index (χ2n) is 1.94. The van der Waals surface area contributed by atoms with Crippen molar-refractivity contribution >= 4 is 5.97 Å². The van der Waals surface area contributed by atoms with Gasteiger partial charge < -0.3 is 14.6 Å². The summed E-state index contributed by atoms with van der Waals surface area (Å²) in [5, 5.41) is 8.67. The van der Waals surface area contributed by atoms with E-state index in [0.717, 1.165) is 6.08 Å². The third kappa shape index (κ3) is 5.57. The Bertz CT molecular complexity index is 141. The molecule has 4 heteroatoms. The Morgan fingerprint density at radius 1 is 1.64 bits per heavy atom. The number of carbonyl (C=O) groups excluding carboxylic acids is 1. The summed E-state index contributed by atoms with van der Waals surface area (Å²) < 4.78 is 9.26. The first-order chi connectivity index (χ1) is 5.06. The lowest BCUT2D eigenvalue weighted by atomic mass is 10.6. The average molecular weight is 160 g/mol. The van der Waals surface area contributed by atoms with Crippen LogP contribution in [-0.2, 0) is 14.3 Å². The minimum atomic E-state index is -0.942. The molecule has 0 amide bonds. The molecule has 0 aliphatic rings. The largest absolute Gasteiger partial charge is 0.433 e. The van der Waals surface area contributed by atoms with Crippen molar-refractivity contribution in [2.45, 2.75) is 26.4 Å². The summed E-state index contributed by atoms with van der Waals surface area (Å²) in [4.78, 5) is 10.5. The van der Waals surface area contributed by atoms with Crippen molar-refractivity contribution < 1.29 is 19.4 Å². The van der Waals surface area contributed by atoms with E-state index in [1.54, 1.807) is 0 Å². The Morgan fingerprint density at radius 2 is 2.18 bits per heavy atom. The number of ether oxygens (including phenoxy) is 2. The number of carbonyl (C=O) groups is 1. The summed E-state index contributed by atoms with van der Waals surface area (Å²) in [6.07, 6.45) is -0.662. The third-order valence-corrected chi connectivity index (χ3v) is 0.837. The molecule has 0 aliphatic heterocycles. The lowest BCUT2D eigenvalue weighted by Crippen LogP contribution is -2.21. The van der Waals surface area contributed by atoms with Gasteiger partial charge in [-0.2, -0.15) is 0 Å². The highest BCUT2D eigenvalue weighted by atomic mass is 16.7. The van der Waals surface area contributed by atoms with Crippen LogP contribution in [0, 0.1) is 0 Å². The van der Waals surface area contributed by atoms with Gasteiger partial charge >= 0.3 is 5.97 Å². The minimum Gasteiger partial charge on any atom is -0.433 e. The highest BCUT2D eigenvalue weighted by molar-refractivity contribution is 5.81. The van der Waals surface area contributed by atoms with Crippen LogP contribution in [0.3, 0.4) is 0 Å². The first-order valence-corrected chi connectivity index (χ1v) is 3.23. The Kier molecular flexibility index (Phi) is 4.49. The number of hydrogen-bond donors (Lipinski definition) is 1. The van der Waals surface area contributed by atoms with E-state index in [-0.39, 0.29) is 0 Å². The first kappa shape index (κ1) is 10.1. The van der Waals surface area contributed by atoms with E-state index in [4.69, 9.17) is 5.11 Å². The van der Waals surface area contributed by atoms with Crippen LogP contribution < -0.4 is 0 Å². The van der Waals surface area contributed by atoms with Crippen molar-refractivity contribution in [1.82, 2.24) is 0 Å². The van der Waals surface area contributed by atoms with Gasteiger partial charge in [-0.25, -0.2) is 4.79 Å². The van der Waals surface area contributed by atoms with Gasteiger partial charge in [0.15, 0.2) is 6.29 Å². The van der Waals surface area contributed by atoms with Crippen LogP contribution in [0.15, 0.2) is 12.7 Å². The number of hydrogen-bond acceptors (Lipinski definition) is 4. The van der Waals surface area contributed by atoms with Crippen LogP contribution in [0.1, 0.15) is 13.8 Å². The zero-order valence-corrected chi connectivity index (χ0v) is 6.61. The first-order valence-electron chi connectivity index (χ1n) is 3.23. The van der Waals surface area contributed by atoms with Crippen molar-refractivity contribution in [3.8, 4) is 0 Å². The molecule has 0 radical (unpaired) electrons. The molecule has 0 heterocycles. The van der Waals surface area contributed by atoms with Crippen molar-refractivity contribution in [1.29, 1.82) is 0 Å². The van der Waals surface area contributed by atoms with Crippen LogP contribution in [0.2, 0.25) is 0 Å². The lowest BCUT2D eigenvalue weighted by molar-refractivity contribution is -0.211. The van der Waals surface area contributed by atoms with Crippen LogP contribution in [-0.4, -0.2) is 23.7 Å². The molecule has 64 valence electrons. The lowest BCUT2D eigenvalue weighted by Gasteiger charge is -2.14. The molecule has 0 aromatic rings. The number of rotatable bonds is 4. The number of aliphatic hydroxyl groups excluding tert-OH is 1. The molecule has 0 rings (SSSR count). The molecule has 4 nitrogen and oxygen atoms in total. The third-order valence-electron chi connectivity index (χ3n) is 0.837. The van der Waals surface area contributed by atoms with Gasteiger partial charge in [0.25, 0.3) is 0 Å². The Labute approximate surface area is 65.4 Å². The SMILES string of the molecule is C=CC(=O)OC(C)OC(C)O. The van der Waals surface area contributed by atoms with E-state index < -0.39 is 18.5 Å². The van der Waals surface area contributed by atoms with Gasteiger partial charge in [0.2, 0.25) is 6.29 Å². The predicted molar refractivity (Wildman–Crippen MR) is 38.5 cm³/mol. The number of aliphatic hydroxyl groups is 1. The normalized spacial score (nSPS) is 15.2. The highest BCUT2D eigenvalue weighted by Crippen LogP contribution is 1.97. The van der Waals surface area contributed by atoms with Gasteiger partial charge in [-0.3, -0.25) is 0 Å². The van der Waals surface area contributed by atoms with Crippen molar-refractivity contribution in [2.75, 3.05) is 0 Å². The highest BCUT2D eigenvalue weighted by Gasteiger charge is 2.08. The monoisotopic (exact) mass is 160 g/mol. The molecule has 0 bridgehead atoms. The van der Waals surface area contributed by atoms with Crippen molar-refractivity contribution in [2.24, 2.45) is 0 Å². The van der Waals surface area contributed by atoms with Crippen LogP contribution in [0.4, 0.5) is 0 Å². The Balaban J connectivity index is 3.59. The van der Waals surface area contributed by atoms with E-state index in [2.05, 4.69) is 16.1 Å². The van der Waals surface area contributed by atoms with Gasteiger partial charge in [0.1, 0.15) is 0 Å². The minimum absolute atomic E-state index is 0.571. The quantitative estimate of drug-likeness (QED) is 0.368. The maximum atomic E-state index is 10.5. The van der Waals surface area contributed by atoms with E-state index in [1.807, 2.05) is 0 Å². The summed E-state index contributed by atoms with van der Waals surface area (Å²) in [5.74, 6) is -0.571. The summed E-state index contributed by atoms with van der Waals surface area (Å²) in [6.45, 7) is 6.14. The molecule has 1 N–H and O–H groups in total. The zero-order valence-electron chi connectivity index (χ0n) is 6.61. The summed E-state index contributed by atoms with van der Waals surface area (Å²) in [7, 11) is 0. The molecular formula is C7H12O4. The van der Waals surface area contributed by atoms with Gasteiger partial charge in [0, 0.05) is 6.08 Å². The molecular weight excluding hydrogens is 148 g/mol. The fourth-order valence-corrected chi connectivity index (χ4v) is 0.517. The molecule has 2 unspecified atom stereocenters. The van der Waals surface area contributed by atoms with Crippen LogP contribution in [0.5, 0.6) is 0 Å². The van der Waals surface area contributed by atoms with Gasteiger partial charge in [-0.1, -0.05) is 6.58 Å². The molecule has 0 saturated carbocycles. The van der Waals surface area contributed by atoms with E-state index in [1.165, 1.54) is 13.8 Å². The van der Waals surface area contributed by atoms with Crippen molar-refractivity contribution in [3.05, 3.63) is 12.7 Å². The molecule has 11 heavy (non-hydrogen) atoms. The van der Waals surface area contributed by atoms with Crippen LogP contribution in [0.25, 0.3) is 0 Å². The molecule has 0 spiro atoms.